The molecule has 1 rings (SSSR count). The van der Waals surface area contributed by atoms with E-state index in [0.29, 0.717) is 18.9 Å². The van der Waals surface area contributed by atoms with Gasteiger partial charge in [-0.25, -0.2) is 8.60 Å². The molecule has 4 unspecified atom stereocenters. The maximum absolute atomic E-state index is 15.7. The molecule has 0 radical (unpaired) electrons. The molecule has 0 bridgehead atoms. The van der Waals surface area contributed by atoms with Crippen molar-refractivity contribution in [2.75, 3.05) is 12.4 Å². The van der Waals surface area contributed by atoms with Gasteiger partial charge in [-0.05, 0) is 89.5 Å². The smallest absolute Gasteiger partial charge is 0.152 e. The van der Waals surface area contributed by atoms with Crippen LogP contribution in [0.4, 0.5) is 4.39 Å². The van der Waals surface area contributed by atoms with Gasteiger partial charge in [0.1, 0.15) is 5.67 Å². The van der Waals surface area contributed by atoms with Crippen LogP contribution in [0.3, 0.4) is 0 Å². The molecule has 5 atom stereocenters. The molecule has 1 N–H and O–H groups in total. The molecule has 190 valence electrons. The average Bonchev–Trinajstić information content (AvgIpc) is 2.72. The quantitative estimate of drug-likeness (QED) is 0.0924. The van der Waals surface area contributed by atoms with Crippen molar-refractivity contribution >= 4 is 11.1 Å². The van der Waals surface area contributed by atoms with Crippen LogP contribution in [0.15, 0.2) is 48.8 Å². The van der Waals surface area contributed by atoms with E-state index >= 15 is 4.39 Å². The van der Waals surface area contributed by atoms with Crippen molar-refractivity contribution in [1.29, 1.82) is 0 Å². The number of hydrogen-bond donors (Lipinski definition) is 1. The molecule has 1 aliphatic rings. The minimum absolute atomic E-state index is 0.104. The fraction of sp³-hybridized carbons (Fsp3) is 0.714. The molecule has 5 heteroatoms. The maximum atomic E-state index is 15.7. The first-order valence-electron chi connectivity index (χ1n) is 12.7. The van der Waals surface area contributed by atoms with Crippen molar-refractivity contribution < 1.29 is 17.9 Å². The SMILES string of the molecule is C=CCC(C)CC/C=C/OCCC/C(=C/C1CC[C@@]1(CCS(=O)O)C(C)(F)C=CC)CCC. The van der Waals surface area contributed by atoms with Gasteiger partial charge in [-0.15, -0.1) is 6.58 Å². The number of hydrogen-bond acceptors (Lipinski definition) is 2. The minimum atomic E-state index is -1.90. The zero-order valence-corrected chi connectivity index (χ0v) is 22.2. The number of rotatable bonds is 18. The summed E-state index contributed by atoms with van der Waals surface area (Å²) >= 11 is -1.90. The molecule has 0 spiro atoms. The highest BCUT2D eigenvalue weighted by Gasteiger charge is 2.56. The Morgan fingerprint density at radius 3 is 2.76 bits per heavy atom. The summed E-state index contributed by atoms with van der Waals surface area (Å²) in [5.74, 6) is 0.882. The third-order valence-electron chi connectivity index (χ3n) is 7.14. The van der Waals surface area contributed by atoms with Crippen LogP contribution in [0.5, 0.6) is 0 Å². The lowest BCUT2D eigenvalue weighted by Crippen LogP contribution is -2.53. The Bertz CT molecular complexity index is 683. The molecule has 1 aliphatic carbocycles. The van der Waals surface area contributed by atoms with Crippen LogP contribution < -0.4 is 0 Å². The lowest BCUT2D eigenvalue weighted by atomic mass is 9.51. The summed E-state index contributed by atoms with van der Waals surface area (Å²) in [6.45, 7) is 12.3. The number of halogens is 1. The lowest BCUT2D eigenvalue weighted by molar-refractivity contribution is -0.0655. The van der Waals surface area contributed by atoms with Crippen molar-refractivity contribution in [1.82, 2.24) is 0 Å². The zero-order chi connectivity index (χ0) is 24.7. The van der Waals surface area contributed by atoms with Gasteiger partial charge in [0.25, 0.3) is 0 Å². The number of allylic oxidation sites excluding steroid dienone is 6. The molecular weight excluding hydrogens is 435 g/mol. The summed E-state index contributed by atoms with van der Waals surface area (Å²) in [5, 5.41) is 0. The normalized spacial score (nSPS) is 25.0. The van der Waals surface area contributed by atoms with Gasteiger partial charge in [-0.3, -0.25) is 0 Å². The van der Waals surface area contributed by atoms with Crippen LogP contribution in [0.2, 0.25) is 0 Å². The van der Waals surface area contributed by atoms with Gasteiger partial charge in [0, 0.05) is 5.41 Å². The second-order valence-electron chi connectivity index (χ2n) is 9.78. The van der Waals surface area contributed by atoms with Crippen LogP contribution in [0, 0.1) is 17.3 Å². The first kappa shape index (κ1) is 29.8. The Morgan fingerprint density at radius 1 is 1.42 bits per heavy atom. The lowest BCUT2D eigenvalue weighted by Gasteiger charge is -2.55. The van der Waals surface area contributed by atoms with Crippen LogP contribution in [-0.2, 0) is 15.8 Å². The van der Waals surface area contributed by atoms with Gasteiger partial charge in [-0.2, -0.15) is 0 Å². The van der Waals surface area contributed by atoms with Gasteiger partial charge in [-0.1, -0.05) is 50.1 Å². The van der Waals surface area contributed by atoms with Crippen molar-refractivity contribution in [3.63, 3.8) is 0 Å². The maximum Gasteiger partial charge on any atom is 0.152 e. The van der Waals surface area contributed by atoms with Crippen LogP contribution in [-0.4, -0.2) is 26.8 Å². The van der Waals surface area contributed by atoms with Crippen molar-refractivity contribution in [3.05, 3.63) is 48.8 Å². The fourth-order valence-electron chi connectivity index (χ4n) is 5.08. The topological polar surface area (TPSA) is 46.5 Å². The van der Waals surface area contributed by atoms with E-state index in [1.54, 1.807) is 19.1 Å². The van der Waals surface area contributed by atoms with Crippen LogP contribution >= 0.6 is 0 Å². The Labute approximate surface area is 204 Å². The zero-order valence-electron chi connectivity index (χ0n) is 21.4. The summed E-state index contributed by atoms with van der Waals surface area (Å²) in [6, 6.07) is 0. The number of ether oxygens (including phenoxy) is 1. The van der Waals surface area contributed by atoms with E-state index in [1.807, 2.05) is 19.3 Å². The van der Waals surface area contributed by atoms with E-state index in [-0.39, 0.29) is 11.7 Å². The minimum Gasteiger partial charge on any atom is -0.502 e. The van der Waals surface area contributed by atoms with E-state index in [1.165, 1.54) is 5.57 Å². The molecule has 3 nitrogen and oxygen atoms in total. The van der Waals surface area contributed by atoms with Crippen LogP contribution in [0.1, 0.15) is 91.9 Å². The highest BCUT2D eigenvalue weighted by Crippen LogP contribution is 2.59. The molecular formula is C28H47FO3S. The summed E-state index contributed by atoms with van der Waals surface area (Å²) < 4.78 is 42.1. The fourth-order valence-corrected chi connectivity index (χ4v) is 5.62. The number of alkyl halides is 1. The monoisotopic (exact) mass is 482 g/mol. The van der Waals surface area contributed by atoms with Crippen LogP contribution in [0.25, 0.3) is 0 Å². The van der Waals surface area contributed by atoms with Gasteiger partial charge in [0.15, 0.2) is 11.1 Å². The second-order valence-corrected chi connectivity index (χ2v) is 10.8. The van der Waals surface area contributed by atoms with Gasteiger partial charge in [0.05, 0.1) is 18.6 Å². The standard InChI is InChI=1S/C28H47FO3S/c1-6-12-24(4)14-9-10-20-32-21-11-15-25(13-7-2)23-26-16-18-28(26,19-22-33(30)31)27(5,29)17-8-3/h6,8,10,17,20,23-24,26H,1,7,9,11-16,18-19,21-22H2,2-5H3,(H,30,31)/b17-8?,20-10+,25-23+/t24?,26?,27?,28-/m0/s1. The summed E-state index contributed by atoms with van der Waals surface area (Å²) in [5.41, 5.74) is -0.729. The van der Waals surface area contributed by atoms with Gasteiger partial charge in [0.2, 0.25) is 0 Å². The highest BCUT2D eigenvalue weighted by atomic mass is 32.2. The summed E-state index contributed by atoms with van der Waals surface area (Å²) in [7, 11) is 0. The van der Waals surface area contributed by atoms with E-state index in [0.717, 1.165) is 57.8 Å². The van der Waals surface area contributed by atoms with Crippen molar-refractivity contribution in [2.24, 2.45) is 17.3 Å². The molecule has 0 aromatic carbocycles. The predicted molar refractivity (Wildman–Crippen MR) is 140 cm³/mol. The molecule has 0 aromatic heterocycles. The molecule has 0 aromatic rings. The van der Waals surface area contributed by atoms with E-state index in [9.17, 15) is 8.76 Å². The first-order valence-corrected chi connectivity index (χ1v) is 14.0. The van der Waals surface area contributed by atoms with Crippen molar-refractivity contribution in [3.8, 4) is 0 Å². The molecule has 0 heterocycles. The Balaban J connectivity index is 2.67. The molecule has 33 heavy (non-hydrogen) atoms. The molecule has 0 amide bonds. The molecule has 0 aliphatic heterocycles. The largest absolute Gasteiger partial charge is 0.502 e. The molecule has 1 fully saturated rings. The van der Waals surface area contributed by atoms with Gasteiger partial charge >= 0.3 is 0 Å². The molecule has 1 saturated carbocycles. The van der Waals surface area contributed by atoms with E-state index in [2.05, 4.69) is 32.6 Å². The van der Waals surface area contributed by atoms with Crippen molar-refractivity contribution in [2.45, 2.75) is 97.6 Å². The predicted octanol–water partition coefficient (Wildman–Crippen LogP) is 8.33. The third-order valence-corrected chi connectivity index (χ3v) is 7.70. The van der Waals surface area contributed by atoms with E-state index < -0.39 is 22.2 Å². The Hall–Kier alpha value is -1.20. The first-order chi connectivity index (χ1) is 15.7. The average molecular weight is 483 g/mol. The second kappa shape index (κ2) is 15.7. The summed E-state index contributed by atoms with van der Waals surface area (Å²) in [6.07, 6.45) is 20.8. The Kier molecular flexibility index (Phi) is 14.2. The van der Waals surface area contributed by atoms with Gasteiger partial charge < -0.3 is 9.29 Å². The highest BCUT2D eigenvalue weighted by molar-refractivity contribution is 7.79. The van der Waals surface area contributed by atoms with E-state index in [4.69, 9.17) is 4.74 Å². The third kappa shape index (κ3) is 9.90. The Morgan fingerprint density at radius 2 is 2.18 bits per heavy atom. The summed E-state index contributed by atoms with van der Waals surface area (Å²) in [4.78, 5) is 0. The molecule has 0 saturated heterocycles.